The first-order valence-corrected chi connectivity index (χ1v) is 2.56. The van der Waals surface area contributed by atoms with Gasteiger partial charge >= 0.3 is 0 Å². The zero-order valence-electron chi connectivity index (χ0n) is 4.65. The standard InChI is InChI=1S/C6H7FO/c1-2-6-3-5(7)4-8-6/h3-4H,2H2,1H3. The largest absolute Gasteiger partial charge is 0.466 e. The van der Waals surface area contributed by atoms with Crippen molar-refractivity contribution in [3.05, 3.63) is 23.9 Å². The van der Waals surface area contributed by atoms with Gasteiger partial charge < -0.3 is 4.42 Å². The van der Waals surface area contributed by atoms with Crippen LogP contribution in [0.3, 0.4) is 0 Å². The fraction of sp³-hybridized carbons (Fsp3) is 0.333. The van der Waals surface area contributed by atoms with Crippen LogP contribution in [0.1, 0.15) is 12.7 Å². The molecule has 44 valence electrons. The van der Waals surface area contributed by atoms with E-state index in [1.165, 1.54) is 6.07 Å². The predicted octanol–water partition coefficient (Wildman–Crippen LogP) is 1.98. The molecule has 0 aliphatic carbocycles. The lowest BCUT2D eigenvalue weighted by atomic mass is 10.4. The first-order valence-electron chi connectivity index (χ1n) is 2.56. The summed E-state index contributed by atoms with van der Waals surface area (Å²) in [6, 6.07) is 1.39. The monoisotopic (exact) mass is 114 g/mol. The molecule has 0 saturated carbocycles. The molecule has 8 heavy (non-hydrogen) atoms. The van der Waals surface area contributed by atoms with E-state index in [-0.39, 0.29) is 5.82 Å². The number of hydrogen-bond acceptors (Lipinski definition) is 1. The second-order valence-corrected chi connectivity index (χ2v) is 1.58. The van der Waals surface area contributed by atoms with Crippen LogP contribution in [-0.4, -0.2) is 0 Å². The summed E-state index contributed by atoms with van der Waals surface area (Å²) < 4.78 is 16.8. The number of aryl methyl sites for hydroxylation is 1. The molecule has 0 radical (unpaired) electrons. The van der Waals surface area contributed by atoms with Crippen molar-refractivity contribution in [1.82, 2.24) is 0 Å². The van der Waals surface area contributed by atoms with E-state index in [9.17, 15) is 4.39 Å². The third-order valence-electron chi connectivity index (χ3n) is 0.970. The van der Waals surface area contributed by atoms with Gasteiger partial charge in [0.1, 0.15) is 12.0 Å². The number of furan rings is 1. The Hall–Kier alpha value is -0.790. The van der Waals surface area contributed by atoms with Crippen molar-refractivity contribution in [1.29, 1.82) is 0 Å². The third kappa shape index (κ3) is 0.886. The molecule has 0 spiro atoms. The number of halogens is 1. The van der Waals surface area contributed by atoms with Crippen molar-refractivity contribution in [3.8, 4) is 0 Å². The Labute approximate surface area is 47.1 Å². The first-order chi connectivity index (χ1) is 3.83. The maximum absolute atomic E-state index is 12.0. The number of rotatable bonds is 1. The zero-order valence-corrected chi connectivity index (χ0v) is 4.65. The van der Waals surface area contributed by atoms with Gasteiger partial charge in [0, 0.05) is 12.5 Å². The normalized spacial score (nSPS) is 9.75. The minimum atomic E-state index is -0.290. The molecule has 2 heteroatoms. The summed E-state index contributed by atoms with van der Waals surface area (Å²) >= 11 is 0. The summed E-state index contributed by atoms with van der Waals surface area (Å²) in [5, 5.41) is 0. The molecule has 1 rings (SSSR count). The van der Waals surface area contributed by atoms with Crippen molar-refractivity contribution in [3.63, 3.8) is 0 Å². The Morgan fingerprint density at radius 2 is 2.50 bits per heavy atom. The van der Waals surface area contributed by atoms with Gasteiger partial charge in [0.05, 0.1) is 0 Å². The molecule has 0 bridgehead atoms. The first kappa shape index (κ1) is 5.35. The minimum absolute atomic E-state index is 0.290. The summed E-state index contributed by atoms with van der Waals surface area (Å²) in [5.41, 5.74) is 0. The lowest BCUT2D eigenvalue weighted by Gasteiger charge is -1.79. The van der Waals surface area contributed by atoms with Gasteiger partial charge in [-0.3, -0.25) is 0 Å². The van der Waals surface area contributed by atoms with Gasteiger partial charge in [0.25, 0.3) is 0 Å². The van der Waals surface area contributed by atoms with Crippen molar-refractivity contribution in [2.45, 2.75) is 13.3 Å². The van der Waals surface area contributed by atoms with Gasteiger partial charge in [-0.05, 0) is 0 Å². The van der Waals surface area contributed by atoms with E-state index >= 15 is 0 Å². The second-order valence-electron chi connectivity index (χ2n) is 1.58. The SMILES string of the molecule is CCc1cc(F)co1. The van der Waals surface area contributed by atoms with E-state index in [0.29, 0.717) is 5.76 Å². The topological polar surface area (TPSA) is 13.1 Å². The summed E-state index contributed by atoms with van der Waals surface area (Å²) in [7, 11) is 0. The van der Waals surface area contributed by atoms with Gasteiger partial charge in [0.15, 0.2) is 5.82 Å². The molecule has 0 amide bonds. The molecule has 1 heterocycles. The van der Waals surface area contributed by atoms with E-state index in [1.807, 2.05) is 6.92 Å². The van der Waals surface area contributed by atoms with Gasteiger partial charge in [-0.25, -0.2) is 4.39 Å². The molecule has 0 fully saturated rings. The molecule has 1 nitrogen and oxygen atoms in total. The molecule has 0 N–H and O–H groups in total. The third-order valence-corrected chi connectivity index (χ3v) is 0.970. The summed E-state index contributed by atoms with van der Waals surface area (Å²) in [6.45, 7) is 1.91. The van der Waals surface area contributed by atoms with Crippen molar-refractivity contribution in [2.75, 3.05) is 0 Å². The van der Waals surface area contributed by atoms with E-state index < -0.39 is 0 Å². The minimum Gasteiger partial charge on any atom is -0.466 e. The Morgan fingerprint density at radius 3 is 2.75 bits per heavy atom. The highest BCUT2D eigenvalue weighted by Gasteiger charge is 1.94. The molecule has 0 saturated heterocycles. The van der Waals surface area contributed by atoms with E-state index in [0.717, 1.165) is 12.7 Å². The summed E-state index contributed by atoms with van der Waals surface area (Å²) in [4.78, 5) is 0. The quantitative estimate of drug-likeness (QED) is 0.544. The second kappa shape index (κ2) is 1.99. The highest BCUT2D eigenvalue weighted by molar-refractivity contribution is 4.99. The molecule has 0 aliphatic rings. The highest BCUT2D eigenvalue weighted by atomic mass is 19.1. The molecule has 1 aromatic heterocycles. The average Bonchev–Trinajstić information content (AvgIpc) is 2.14. The Kier molecular flexibility index (Phi) is 1.33. The van der Waals surface area contributed by atoms with Gasteiger partial charge in [-0.1, -0.05) is 6.92 Å². The lowest BCUT2D eigenvalue weighted by molar-refractivity contribution is 0.498. The molecule has 0 aliphatic heterocycles. The van der Waals surface area contributed by atoms with Gasteiger partial charge in [-0.2, -0.15) is 0 Å². The van der Waals surface area contributed by atoms with Crippen LogP contribution >= 0.6 is 0 Å². The summed E-state index contributed by atoms with van der Waals surface area (Å²) in [6.07, 6.45) is 1.86. The predicted molar refractivity (Wildman–Crippen MR) is 28.0 cm³/mol. The average molecular weight is 114 g/mol. The van der Waals surface area contributed by atoms with E-state index in [1.54, 1.807) is 0 Å². The maximum Gasteiger partial charge on any atom is 0.161 e. The molecule has 0 unspecified atom stereocenters. The highest BCUT2D eigenvalue weighted by Crippen LogP contribution is 2.04. The van der Waals surface area contributed by atoms with Crippen LogP contribution in [0, 0.1) is 5.82 Å². The van der Waals surface area contributed by atoms with Crippen LogP contribution in [0.2, 0.25) is 0 Å². The van der Waals surface area contributed by atoms with Crippen molar-refractivity contribution in [2.24, 2.45) is 0 Å². The molecule has 0 aromatic carbocycles. The number of hydrogen-bond donors (Lipinski definition) is 0. The van der Waals surface area contributed by atoms with E-state index in [2.05, 4.69) is 0 Å². The molecular formula is C6H7FO. The van der Waals surface area contributed by atoms with Crippen LogP contribution in [-0.2, 0) is 6.42 Å². The Balaban J connectivity index is 2.84. The molecule has 1 aromatic rings. The summed E-state index contributed by atoms with van der Waals surface area (Å²) in [5.74, 6) is 0.407. The van der Waals surface area contributed by atoms with Crippen LogP contribution in [0.15, 0.2) is 16.7 Å². The fourth-order valence-electron chi connectivity index (χ4n) is 0.539. The smallest absolute Gasteiger partial charge is 0.161 e. The Bertz CT molecular complexity index is 169. The molecule has 0 atom stereocenters. The van der Waals surface area contributed by atoms with Crippen LogP contribution in [0.4, 0.5) is 4.39 Å². The van der Waals surface area contributed by atoms with E-state index in [4.69, 9.17) is 4.42 Å². The van der Waals surface area contributed by atoms with Gasteiger partial charge in [0.2, 0.25) is 0 Å². The maximum atomic E-state index is 12.0. The fourth-order valence-corrected chi connectivity index (χ4v) is 0.539. The van der Waals surface area contributed by atoms with Crippen LogP contribution in [0.25, 0.3) is 0 Å². The Morgan fingerprint density at radius 1 is 1.75 bits per heavy atom. The lowest BCUT2D eigenvalue weighted by Crippen LogP contribution is -1.68. The van der Waals surface area contributed by atoms with Crippen LogP contribution in [0.5, 0.6) is 0 Å². The van der Waals surface area contributed by atoms with Crippen molar-refractivity contribution >= 4 is 0 Å². The van der Waals surface area contributed by atoms with Crippen LogP contribution < -0.4 is 0 Å². The van der Waals surface area contributed by atoms with Gasteiger partial charge in [-0.15, -0.1) is 0 Å². The molecular weight excluding hydrogens is 107 g/mol. The zero-order chi connectivity index (χ0) is 5.98. The van der Waals surface area contributed by atoms with Crippen molar-refractivity contribution < 1.29 is 8.81 Å².